The molecule has 0 fully saturated rings. The lowest BCUT2D eigenvalue weighted by atomic mass is 10.2. The minimum atomic E-state index is -4.39. The molecule has 0 saturated carbocycles. The molecule has 0 atom stereocenters. The number of halogens is 1. The molecule has 0 saturated heterocycles. The average molecular weight is 518 g/mol. The molecule has 8 nitrogen and oxygen atoms in total. The third kappa shape index (κ3) is 5.53. The van der Waals surface area contributed by atoms with Gasteiger partial charge >= 0.3 is 11.9 Å². The number of ether oxygens (including phenoxy) is 2. The van der Waals surface area contributed by atoms with Crippen LogP contribution in [0, 0.1) is 3.57 Å². The Morgan fingerprint density at radius 3 is 2.32 bits per heavy atom. The van der Waals surface area contributed by atoms with Crippen LogP contribution in [0.2, 0.25) is 0 Å². The maximum absolute atomic E-state index is 12.3. The lowest BCUT2D eigenvalue weighted by Gasteiger charge is -2.13. The standard InChI is InChI=1S/C18H15IO8S/c1-10(2)17(21)26-9-12-7-13(19)8-15(20)16(12)27-18(22)11-3-5-14(6-4-11)28(23,24)25/h3-8,20H,1,9H2,2H3,(H,23,24,25). The second-order valence-corrected chi connectivity index (χ2v) is 8.33. The molecule has 0 amide bonds. The summed E-state index contributed by atoms with van der Waals surface area (Å²) in [7, 11) is -4.39. The predicted octanol–water partition coefficient (Wildman–Crippen LogP) is 3.08. The molecule has 0 bridgehead atoms. The maximum Gasteiger partial charge on any atom is 0.343 e. The first-order valence-electron chi connectivity index (χ1n) is 7.63. The van der Waals surface area contributed by atoms with Crippen molar-refractivity contribution >= 4 is 44.6 Å². The number of benzene rings is 2. The molecule has 0 aliphatic rings. The monoisotopic (exact) mass is 518 g/mol. The molecule has 0 radical (unpaired) electrons. The van der Waals surface area contributed by atoms with Crippen LogP contribution in [0.25, 0.3) is 0 Å². The van der Waals surface area contributed by atoms with Gasteiger partial charge in [0.2, 0.25) is 0 Å². The summed E-state index contributed by atoms with van der Waals surface area (Å²) in [5, 5.41) is 10.1. The van der Waals surface area contributed by atoms with Crippen molar-refractivity contribution in [2.75, 3.05) is 0 Å². The van der Waals surface area contributed by atoms with Crippen LogP contribution in [-0.4, -0.2) is 30.0 Å². The fourth-order valence-electron chi connectivity index (χ4n) is 2.04. The van der Waals surface area contributed by atoms with Gasteiger partial charge in [-0.15, -0.1) is 0 Å². The summed E-state index contributed by atoms with van der Waals surface area (Å²) in [4.78, 5) is 23.6. The van der Waals surface area contributed by atoms with Gasteiger partial charge in [-0.25, -0.2) is 9.59 Å². The first-order valence-corrected chi connectivity index (χ1v) is 10.1. The third-order valence-electron chi connectivity index (χ3n) is 3.40. The topological polar surface area (TPSA) is 127 Å². The Bertz CT molecular complexity index is 1040. The summed E-state index contributed by atoms with van der Waals surface area (Å²) in [6, 6.07) is 7.29. The third-order valence-corrected chi connectivity index (χ3v) is 4.89. The van der Waals surface area contributed by atoms with Crippen molar-refractivity contribution in [3.05, 3.63) is 63.2 Å². The Labute approximate surface area is 174 Å². The molecule has 2 aromatic carbocycles. The van der Waals surface area contributed by atoms with Crippen LogP contribution in [0.1, 0.15) is 22.8 Å². The molecular weight excluding hydrogens is 503 g/mol. The average Bonchev–Trinajstić information content (AvgIpc) is 2.61. The molecule has 10 heteroatoms. The van der Waals surface area contributed by atoms with Gasteiger partial charge in [0.1, 0.15) is 6.61 Å². The number of carbonyl (C=O) groups excluding carboxylic acids is 2. The molecule has 0 spiro atoms. The highest BCUT2D eigenvalue weighted by Crippen LogP contribution is 2.34. The Balaban J connectivity index is 2.28. The van der Waals surface area contributed by atoms with E-state index in [4.69, 9.17) is 14.0 Å². The first kappa shape index (κ1) is 21.9. The van der Waals surface area contributed by atoms with Crippen molar-refractivity contribution in [1.29, 1.82) is 0 Å². The zero-order valence-electron chi connectivity index (χ0n) is 14.5. The Morgan fingerprint density at radius 2 is 1.79 bits per heavy atom. The molecule has 0 aromatic heterocycles. The number of phenols is 1. The molecule has 0 aliphatic carbocycles. The van der Waals surface area contributed by atoms with Crippen LogP contribution in [-0.2, 0) is 26.3 Å². The highest BCUT2D eigenvalue weighted by molar-refractivity contribution is 14.1. The minimum Gasteiger partial charge on any atom is -0.504 e. The van der Waals surface area contributed by atoms with Crippen molar-refractivity contribution in [3.8, 4) is 11.5 Å². The van der Waals surface area contributed by atoms with E-state index in [9.17, 15) is 23.1 Å². The maximum atomic E-state index is 12.3. The van der Waals surface area contributed by atoms with Crippen LogP contribution in [0.4, 0.5) is 0 Å². The number of aromatic hydroxyl groups is 1. The fourth-order valence-corrected chi connectivity index (χ4v) is 3.19. The van der Waals surface area contributed by atoms with Crippen LogP contribution in [0.5, 0.6) is 11.5 Å². The highest BCUT2D eigenvalue weighted by Gasteiger charge is 2.19. The van der Waals surface area contributed by atoms with E-state index in [0.717, 1.165) is 24.3 Å². The van der Waals surface area contributed by atoms with Gasteiger partial charge in [0.05, 0.1) is 10.5 Å². The quantitative estimate of drug-likeness (QED) is 0.197. The molecule has 2 aromatic rings. The van der Waals surface area contributed by atoms with Crippen molar-refractivity contribution < 1.29 is 37.1 Å². The van der Waals surface area contributed by atoms with Crippen molar-refractivity contribution in [2.45, 2.75) is 18.4 Å². The molecule has 28 heavy (non-hydrogen) atoms. The van der Waals surface area contributed by atoms with E-state index in [2.05, 4.69) is 6.58 Å². The Hall–Kier alpha value is -2.44. The summed E-state index contributed by atoms with van der Waals surface area (Å²) in [6.07, 6.45) is 0. The number of hydrogen-bond donors (Lipinski definition) is 2. The molecule has 2 rings (SSSR count). The van der Waals surface area contributed by atoms with E-state index in [0.29, 0.717) is 3.57 Å². The molecule has 0 heterocycles. The van der Waals surface area contributed by atoms with E-state index in [1.54, 1.807) is 6.07 Å². The van der Waals surface area contributed by atoms with Gasteiger partial charge in [0.15, 0.2) is 11.5 Å². The minimum absolute atomic E-state index is 0.0183. The van der Waals surface area contributed by atoms with Gasteiger partial charge in [-0.1, -0.05) is 6.58 Å². The largest absolute Gasteiger partial charge is 0.504 e. The molecule has 0 aliphatic heterocycles. The van der Waals surface area contributed by atoms with Gasteiger partial charge < -0.3 is 14.6 Å². The Kier molecular flexibility index (Phi) is 6.80. The molecular formula is C18H15IO8S. The Morgan fingerprint density at radius 1 is 1.18 bits per heavy atom. The highest BCUT2D eigenvalue weighted by atomic mass is 127. The van der Waals surface area contributed by atoms with Crippen LogP contribution >= 0.6 is 22.6 Å². The van der Waals surface area contributed by atoms with Gasteiger partial charge in [0.25, 0.3) is 10.1 Å². The zero-order chi connectivity index (χ0) is 21.1. The van der Waals surface area contributed by atoms with E-state index in [1.807, 2.05) is 22.6 Å². The van der Waals surface area contributed by atoms with Crippen LogP contribution < -0.4 is 4.74 Å². The van der Waals surface area contributed by atoms with Gasteiger partial charge in [-0.2, -0.15) is 8.42 Å². The summed E-state index contributed by atoms with van der Waals surface area (Å²) >= 11 is 1.94. The number of carbonyl (C=O) groups is 2. The van der Waals surface area contributed by atoms with E-state index >= 15 is 0 Å². The predicted molar refractivity (Wildman–Crippen MR) is 107 cm³/mol. The van der Waals surface area contributed by atoms with Crippen molar-refractivity contribution in [2.24, 2.45) is 0 Å². The first-order chi connectivity index (χ1) is 13.0. The van der Waals surface area contributed by atoms with Gasteiger partial charge in [0, 0.05) is 14.7 Å². The lowest BCUT2D eigenvalue weighted by Crippen LogP contribution is -2.12. The van der Waals surface area contributed by atoms with E-state index in [1.165, 1.54) is 13.0 Å². The van der Waals surface area contributed by atoms with Crippen LogP contribution in [0.3, 0.4) is 0 Å². The summed E-state index contributed by atoms with van der Waals surface area (Å²) in [5.74, 6) is -2.06. The summed E-state index contributed by atoms with van der Waals surface area (Å²) in [5.41, 5.74) is 0.421. The fraction of sp³-hybridized carbons (Fsp3) is 0.111. The summed E-state index contributed by atoms with van der Waals surface area (Å²) in [6.45, 7) is 4.68. The number of hydrogen-bond acceptors (Lipinski definition) is 7. The second kappa shape index (κ2) is 8.71. The second-order valence-electron chi connectivity index (χ2n) is 5.66. The van der Waals surface area contributed by atoms with Gasteiger partial charge in [-0.05, 0) is 65.9 Å². The molecule has 2 N–H and O–H groups in total. The SMILES string of the molecule is C=C(C)C(=O)OCc1cc(I)cc(O)c1OC(=O)c1ccc(S(=O)(=O)O)cc1. The van der Waals surface area contributed by atoms with Gasteiger partial charge in [-0.3, -0.25) is 4.55 Å². The molecule has 0 unspecified atom stereocenters. The smallest absolute Gasteiger partial charge is 0.343 e. The van der Waals surface area contributed by atoms with E-state index < -0.39 is 22.1 Å². The number of esters is 2. The van der Waals surface area contributed by atoms with Crippen LogP contribution in [0.15, 0.2) is 53.4 Å². The normalized spacial score (nSPS) is 11.0. The number of phenolic OH excluding ortho intramolecular Hbond substituents is 1. The summed E-state index contributed by atoms with van der Waals surface area (Å²) < 4.78 is 42.0. The van der Waals surface area contributed by atoms with Crippen molar-refractivity contribution in [3.63, 3.8) is 0 Å². The molecule has 148 valence electrons. The zero-order valence-corrected chi connectivity index (χ0v) is 17.5. The van der Waals surface area contributed by atoms with E-state index in [-0.39, 0.29) is 39.7 Å². The lowest BCUT2D eigenvalue weighted by molar-refractivity contribution is -0.140. The van der Waals surface area contributed by atoms with Crippen molar-refractivity contribution in [1.82, 2.24) is 0 Å². The number of rotatable bonds is 6.